The second kappa shape index (κ2) is 8.86. The summed E-state index contributed by atoms with van der Waals surface area (Å²) >= 11 is 0. The molecule has 0 radical (unpaired) electrons. The monoisotopic (exact) mass is 430 g/mol. The minimum absolute atomic E-state index is 0.299. The fraction of sp³-hybridized carbons (Fsp3) is 0.500. The highest BCUT2D eigenvalue weighted by Crippen LogP contribution is 2.40. The van der Waals surface area contributed by atoms with Gasteiger partial charge < -0.3 is 15.4 Å². The van der Waals surface area contributed by atoms with Crippen molar-refractivity contribution in [3.8, 4) is 5.88 Å². The van der Waals surface area contributed by atoms with E-state index in [1.165, 1.54) is 18.6 Å². The van der Waals surface area contributed by atoms with Gasteiger partial charge in [0.05, 0.1) is 5.71 Å². The smallest absolute Gasteiger partial charge is 0.246 e. The maximum atomic E-state index is 11.7. The number of nitrogens with zero attached hydrogens (tertiary/aromatic N) is 3. The predicted octanol–water partition coefficient (Wildman–Crippen LogP) is 4.60. The number of aromatic nitrogens is 2. The summed E-state index contributed by atoms with van der Waals surface area (Å²) in [6.45, 7) is 7.45. The Hall–Kier alpha value is -2.24. The van der Waals surface area contributed by atoms with Gasteiger partial charge in [0, 0.05) is 18.4 Å². The molecular formula is C22H31N4O3P. The van der Waals surface area contributed by atoms with Crippen LogP contribution in [0.2, 0.25) is 0 Å². The van der Waals surface area contributed by atoms with Gasteiger partial charge in [0.25, 0.3) is 0 Å². The first-order valence-electron chi connectivity index (χ1n) is 10.4. The summed E-state index contributed by atoms with van der Waals surface area (Å²) in [6, 6.07) is 8.31. The van der Waals surface area contributed by atoms with Gasteiger partial charge in [-0.05, 0) is 44.6 Å². The number of nitrogen functional groups attached to an aromatic ring is 1. The van der Waals surface area contributed by atoms with Crippen molar-refractivity contribution in [2.24, 2.45) is 10.9 Å². The molecule has 2 aromatic rings. The third-order valence-corrected chi connectivity index (χ3v) is 6.64. The molecule has 162 valence electrons. The number of nitrogens with two attached hydrogens (primary N) is 1. The molecular weight excluding hydrogens is 399 g/mol. The fourth-order valence-corrected chi connectivity index (χ4v) is 5.23. The van der Waals surface area contributed by atoms with Crippen molar-refractivity contribution in [1.29, 1.82) is 0 Å². The molecule has 0 fully saturated rings. The number of anilines is 1. The molecule has 0 amide bonds. The Morgan fingerprint density at radius 1 is 1.23 bits per heavy atom. The third-order valence-electron chi connectivity index (χ3n) is 5.44. The van der Waals surface area contributed by atoms with Crippen LogP contribution < -0.4 is 10.5 Å². The molecule has 1 aliphatic heterocycles. The van der Waals surface area contributed by atoms with Crippen LogP contribution in [0.3, 0.4) is 0 Å². The summed E-state index contributed by atoms with van der Waals surface area (Å²) in [6.07, 6.45) is 5.61. The number of hydrogen-bond donors (Lipinski definition) is 2. The van der Waals surface area contributed by atoms with Gasteiger partial charge in [-0.2, -0.15) is 4.98 Å². The van der Waals surface area contributed by atoms with E-state index in [-0.39, 0.29) is 0 Å². The zero-order valence-corrected chi connectivity index (χ0v) is 19.0. The minimum atomic E-state index is -2.95. The molecule has 3 rings (SSSR count). The Balaban J connectivity index is 1.70. The average molecular weight is 430 g/mol. The van der Waals surface area contributed by atoms with E-state index in [0.717, 1.165) is 37.0 Å². The van der Waals surface area contributed by atoms with Crippen molar-refractivity contribution >= 4 is 24.6 Å². The Morgan fingerprint density at radius 2 is 1.93 bits per heavy atom. The second-order valence-corrected chi connectivity index (χ2v) is 11.0. The van der Waals surface area contributed by atoms with Crippen LogP contribution in [0.15, 0.2) is 35.6 Å². The Kier molecular flexibility index (Phi) is 6.63. The summed E-state index contributed by atoms with van der Waals surface area (Å²) in [5.74, 6) is 1.000. The van der Waals surface area contributed by atoms with E-state index >= 15 is 0 Å². The SMILES string of the molecule is CC[C@@H](CCCc1ccc(C2=Nc3c(N)ncnc3OC2(C)C)cc1)CP(C)(=O)O. The van der Waals surface area contributed by atoms with E-state index in [2.05, 4.69) is 41.2 Å². The molecule has 8 heteroatoms. The summed E-state index contributed by atoms with van der Waals surface area (Å²) in [4.78, 5) is 22.5. The molecule has 2 heterocycles. The first-order valence-corrected chi connectivity index (χ1v) is 12.7. The van der Waals surface area contributed by atoms with Gasteiger partial charge in [0.2, 0.25) is 5.88 Å². The number of fused-ring (bicyclic) bond motifs is 1. The lowest BCUT2D eigenvalue weighted by Crippen LogP contribution is -2.41. The van der Waals surface area contributed by atoms with E-state index in [1.54, 1.807) is 0 Å². The molecule has 1 aromatic heterocycles. The van der Waals surface area contributed by atoms with Crippen molar-refractivity contribution in [1.82, 2.24) is 9.97 Å². The third kappa shape index (κ3) is 5.46. The maximum absolute atomic E-state index is 11.7. The number of benzene rings is 1. The highest BCUT2D eigenvalue weighted by atomic mass is 31.2. The number of rotatable bonds is 8. The largest absolute Gasteiger partial charge is 0.463 e. The summed E-state index contributed by atoms with van der Waals surface area (Å²) in [5.41, 5.74) is 8.77. The van der Waals surface area contributed by atoms with Crippen molar-refractivity contribution < 1.29 is 14.2 Å². The van der Waals surface area contributed by atoms with E-state index in [1.807, 2.05) is 13.8 Å². The van der Waals surface area contributed by atoms with Gasteiger partial charge in [0.1, 0.15) is 11.9 Å². The maximum Gasteiger partial charge on any atom is 0.246 e. The molecule has 0 bridgehead atoms. The topological polar surface area (TPSA) is 111 Å². The highest BCUT2D eigenvalue weighted by molar-refractivity contribution is 7.57. The van der Waals surface area contributed by atoms with Crippen LogP contribution in [0.25, 0.3) is 0 Å². The van der Waals surface area contributed by atoms with Gasteiger partial charge in [-0.15, -0.1) is 0 Å². The van der Waals surface area contributed by atoms with E-state index in [9.17, 15) is 9.46 Å². The molecule has 1 aliphatic rings. The van der Waals surface area contributed by atoms with Crippen molar-refractivity contribution in [2.45, 2.75) is 52.1 Å². The average Bonchev–Trinajstić information content (AvgIpc) is 2.66. The minimum Gasteiger partial charge on any atom is -0.463 e. The number of aryl methyl sites for hydroxylation is 1. The van der Waals surface area contributed by atoms with Gasteiger partial charge in [-0.1, -0.05) is 37.6 Å². The second-order valence-electron chi connectivity index (χ2n) is 8.58. The van der Waals surface area contributed by atoms with Crippen LogP contribution in [-0.4, -0.2) is 39.0 Å². The van der Waals surface area contributed by atoms with Gasteiger partial charge in [-0.3, -0.25) is 4.57 Å². The normalized spacial score (nSPS) is 18.0. The molecule has 0 aliphatic carbocycles. The van der Waals surface area contributed by atoms with Crippen LogP contribution >= 0.6 is 7.37 Å². The fourth-order valence-electron chi connectivity index (χ4n) is 3.83. The zero-order valence-electron chi connectivity index (χ0n) is 18.1. The molecule has 0 saturated carbocycles. The van der Waals surface area contributed by atoms with E-state index in [4.69, 9.17) is 15.5 Å². The molecule has 2 atom stereocenters. The lowest BCUT2D eigenvalue weighted by atomic mass is 9.92. The molecule has 0 spiro atoms. The Labute approximate surface area is 178 Å². The quantitative estimate of drug-likeness (QED) is 0.592. The summed E-state index contributed by atoms with van der Waals surface area (Å²) < 4.78 is 17.7. The molecule has 30 heavy (non-hydrogen) atoms. The zero-order chi connectivity index (χ0) is 21.9. The predicted molar refractivity (Wildman–Crippen MR) is 121 cm³/mol. The van der Waals surface area contributed by atoms with E-state index in [0.29, 0.717) is 29.5 Å². The first kappa shape index (κ1) is 22.4. The van der Waals surface area contributed by atoms with Gasteiger partial charge >= 0.3 is 0 Å². The lowest BCUT2D eigenvalue weighted by molar-refractivity contribution is 0.171. The van der Waals surface area contributed by atoms with Crippen LogP contribution in [0.4, 0.5) is 11.5 Å². The van der Waals surface area contributed by atoms with Crippen molar-refractivity contribution in [3.05, 3.63) is 41.7 Å². The number of aliphatic imine (C=N–C) groups is 1. The van der Waals surface area contributed by atoms with Crippen LogP contribution in [0.1, 0.15) is 51.2 Å². The Bertz CT molecular complexity index is 967. The highest BCUT2D eigenvalue weighted by Gasteiger charge is 2.35. The molecule has 0 saturated heterocycles. The number of ether oxygens (including phenoxy) is 1. The first-order chi connectivity index (χ1) is 14.1. The molecule has 1 unspecified atom stereocenters. The number of hydrogen-bond acceptors (Lipinski definition) is 6. The van der Waals surface area contributed by atoms with Gasteiger partial charge in [0.15, 0.2) is 18.9 Å². The summed E-state index contributed by atoms with van der Waals surface area (Å²) in [7, 11) is -2.95. The summed E-state index contributed by atoms with van der Waals surface area (Å²) in [5, 5.41) is 0. The standard InChI is InChI=1S/C22H31N4O3P/c1-5-15(13-30(4,27)28)7-6-8-16-9-11-17(12-10-16)19-22(2,3)29-21-18(26-19)20(23)24-14-25-21/h9-12,14-15H,5-8,13H2,1-4H3,(H,27,28)(H2,23,24,25)/t15-/m0/s1. The molecule has 1 aromatic carbocycles. The van der Waals surface area contributed by atoms with Crippen molar-refractivity contribution in [3.63, 3.8) is 0 Å². The van der Waals surface area contributed by atoms with Crippen LogP contribution in [0.5, 0.6) is 5.88 Å². The van der Waals surface area contributed by atoms with Crippen LogP contribution in [0, 0.1) is 5.92 Å². The van der Waals surface area contributed by atoms with Gasteiger partial charge in [-0.25, -0.2) is 9.98 Å². The van der Waals surface area contributed by atoms with Crippen molar-refractivity contribution in [2.75, 3.05) is 18.6 Å². The van der Waals surface area contributed by atoms with Crippen LogP contribution in [-0.2, 0) is 11.0 Å². The molecule has 7 nitrogen and oxygen atoms in total. The Morgan fingerprint density at radius 3 is 2.57 bits per heavy atom. The lowest BCUT2D eigenvalue weighted by Gasteiger charge is -2.32. The molecule has 3 N–H and O–H groups in total. The van der Waals surface area contributed by atoms with E-state index < -0.39 is 13.0 Å².